The minimum Gasteiger partial charge on any atom is -0.368 e. The predicted octanol–water partition coefficient (Wildman–Crippen LogP) is 2.23. The van der Waals surface area contributed by atoms with Gasteiger partial charge in [-0.1, -0.05) is 0 Å². The first-order valence-corrected chi connectivity index (χ1v) is 7.43. The third kappa shape index (κ3) is 3.19. The van der Waals surface area contributed by atoms with Crippen LogP contribution in [0.3, 0.4) is 0 Å². The average Bonchev–Trinajstić information content (AvgIpc) is 2.46. The van der Waals surface area contributed by atoms with Gasteiger partial charge in [-0.15, -0.1) is 0 Å². The van der Waals surface area contributed by atoms with E-state index in [0.29, 0.717) is 0 Å². The molecule has 1 saturated heterocycles. The van der Waals surface area contributed by atoms with Gasteiger partial charge in [0.05, 0.1) is 22.7 Å². The fourth-order valence-electron chi connectivity index (χ4n) is 2.30. The molecule has 0 radical (unpaired) electrons. The zero-order chi connectivity index (χ0) is 14.7. The Morgan fingerprint density at radius 2 is 2.05 bits per heavy atom. The second-order valence-electron chi connectivity index (χ2n) is 4.72. The normalized spacial score (nSPS) is 17.6. The third-order valence-corrected chi connectivity index (χ3v) is 4.40. The molecular weight excluding hydrogens is 371 g/mol. The quantitative estimate of drug-likeness (QED) is 0.453. The number of halogens is 1. The number of benzene rings is 1. The van der Waals surface area contributed by atoms with Crippen LogP contribution >= 0.6 is 22.6 Å². The van der Waals surface area contributed by atoms with Crippen molar-refractivity contribution in [2.45, 2.75) is 13.0 Å². The van der Waals surface area contributed by atoms with Gasteiger partial charge in [-0.2, -0.15) is 5.26 Å². The van der Waals surface area contributed by atoms with Crippen molar-refractivity contribution in [2.24, 2.45) is 0 Å². The molecule has 7 heteroatoms. The monoisotopic (exact) mass is 386 g/mol. The molecule has 6 nitrogen and oxygen atoms in total. The predicted molar refractivity (Wildman–Crippen MR) is 84.7 cm³/mol. The van der Waals surface area contributed by atoms with Gasteiger partial charge in [0.2, 0.25) is 0 Å². The van der Waals surface area contributed by atoms with Crippen LogP contribution in [0.2, 0.25) is 0 Å². The molecule has 1 fully saturated rings. The van der Waals surface area contributed by atoms with Crippen molar-refractivity contribution in [2.75, 3.05) is 31.1 Å². The fourth-order valence-corrected chi connectivity index (χ4v) is 3.14. The van der Waals surface area contributed by atoms with Gasteiger partial charge in [-0.3, -0.25) is 15.0 Å². The van der Waals surface area contributed by atoms with Gasteiger partial charge in [0.25, 0.3) is 5.69 Å². The van der Waals surface area contributed by atoms with E-state index in [1.54, 1.807) is 12.1 Å². The third-order valence-electron chi connectivity index (χ3n) is 3.53. The Balaban J connectivity index is 2.08. The number of nitro groups is 1. The second kappa shape index (κ2) is 6.37. The molecule has 0 saturated carbocycles. The molecule has 1 aromatic carbocycles. The number of anilines is 1. The zero-order valence-corrected chi connectivity index (χ0v) is 13.3. The first-order valence-electron chi connectivity index (χ1n) is 6.35. The molecule has 1 atom stereocenters. The summed E-state index contributed by atoms with van der Waals surface area (Å²) in [6.07, 6.45) is 0. The van der Waals surface area contributed by atoms with Crippen LogP contribution in [0.1, 0.15) is 6.92 Å². The largest absolute Gasteiger partial charge is 0.368 e. The molecule has 106 valence electrons. The van der Waals surface area contributed by atoms with Crippen molar-refractivity contribution in [1.82, 2.24) is 4.90 Å². The number of rotatable bonds is 3. The summed E-state index contributed by atoms with van der Waals surface area (Å²) in [5.74, 6) is 0. The number of nitro benzene ring substituents is 1. The maximum atomic E-state index is 10.7. The van der Waals surface area contributed by atoms with Crippen LogP contribution in [-0.2, 0) is 0 Å². The molecule has 0 aromatic heterocycles. The summed E-state index contributed by atoms with van der Waals surface area (Å²) in [7, 11) is 0. The van der Waals surface area contributed by atoms with Crippen LogP contribution < -0.4 is 4.90 Å². The minimum absolute atomic E-state index is 0.0620. The molecular formula is C13H15IN4O2. The Bertz CT molecular complexity index is 550. The van der Waals surface area contributed by atoms with E-state index in [-0.39, 0.29) is 16.7 Å². The average molecular weight is 386 g/mol. The van der Waals surface area contributed by atoms with Crippen LogP contribution in [0.15, 0.2) is 18.2 Å². The van der Waals surface area contributed by atoms with E-state index in [0.717, 1.165) is 35.4 Å². The number of nitriles is 1. The van der Waals surface area contributed by atoms with Crippen LogP contribution in [0, 0.1) is 25.0 Å². The first kappa shape index (κ1) is 15.0. The first-order chi connectivity index (χ1) is 9.52. The molecule has 1 unspecified atom stereocenters. The summed E-state index contributed by atoms with van der Waals surface area (Å²) in [6.45, 7) is 5.24. The molecule has 0 amide bonds. The fraction of sp³-hybridized carbons (Fsp3) is 0.462. The molecule has 1 aliphatic heterocycles. The summed E-state index contributed by atoms with van der Waals surface area (Å²) >= 11 is 2.14. The Morgan fingerprint density at radius 1 is 1.40 bits per heavy atom. The van der Waals surface area contributed by atoms with Gasteiger partial charge in [-0.25, -0.2) is 0 Å². The van der Waals surface area contributed by atoms with Gasteiger partial charge in [-0.05, 0) is 35.6 Å². The molecule has 1 heterocycles. The van der Waals surface area contributed by atoms with Crippen molar-refractivity contribution in [3.8, 4) is 6.07 Å². The summed E-state index contributed by atoms with van der Waals surface area (Å²) in [5.41, 5.74) is 1.15. The minimum atomic E-state index is -0.377. The van der Waals surface area contributed by atoms with Crippen LogP contribution in [0.4, 0.5) is 11.4 Å². The van der Waals surface area contributed by atoms with Crippen LogP contribution in [-0.4, -0.2) is 42.0 Å². The van der Waals surface area contributed by atoms with Gasteiger partial charge in [0, 0.05) is 41.9 Å². The van der Waals surface area contributed by atoms with E-state index in [4.69, 9.17) is 5.26 Å². The van der Waals surface area contributed by atoms with Crippen molar-refractivity contribution < 1.29 is 4.92 Å². The van der Waals surface area contributed by atoms with Gasteiger partial charge < -0.3 is 4.90 Å². The zero-order valence-electron chi connectivity index (χ0n) is 11.1. The maximum Gasteiger partial charge on any atom is 0.270 e. The summed E-state index contributed by atoms with van der Waals surface area (Å²) in [4.78, 5) is 14.7. The summed E-state index contributed by atoms with van der Waals surface area (Å²) in [6, 6.07) is 7.14. The summed E-state index contributed by atoms with van der Waals surface area (Å²) < 4.78 is 0.888. The Kier molecular flexibility index (Phi) is 4.77. The Labute approximate surface area is 131 Å². The molecule has 2 rings (SSSR count). The highest BCUT2D eigenvalue weighted by molar-refractivity contribution is 14.1. The highest BCUT2D eigenvalue weighted by atomic mass is 127. The smallest absolute Gasteiger partial charge is 0.270 e. The molecule has 0 aliphatic carbocycles. The van der Waals surface area contributed by atoms with Crippen LogP contribution in [0.25, 0.3) is 0 Å². The van der Waals surface area contributed by atoms with Crippen molar-refractivity contribution in [3.63, 3.8) is 0 Å². The van der Waals surface area contributed by atoms with E-state index in [2.05, 4.69) is 38.5 Å². The molecule has 1 aromatic rings. The van der Waals surface area contributed by atoms with E-state index in [9.17, 15) is 10.1 Å². The van der Waals surface area contributed by atoms with E-state index in [1.807, 2.05) is 13.0 Å². The SMILES string of the molecule is CC(C#N)N1CCN(c2ccc([N+](=O)[O-])cc2I)CC1. The lowest BCUT2D eigenvalue weighted by Crippen LogP contribution is -2.49. The Hall–Kier alpha value is -1.40. The maximum absolute atomic E-state index is 10.7. The lowest BCUT2D eigenvalue weighted by Gasteiger charge is -2.37. The van der Waals surface area contributed by atoms with E-state index in [1.165, 1.54) is 0 Å². The molecule has 1 aliphatic rings. The van der Waals surface area contributed by atoms with Gasteiger partial charge in [0.1, 0.15) is 0 Å². The van der Waals surface area contributed by atoms with Crippen LogP contribution in [0.5, 0.6) is 0 Å². The number of piperazine rings is 1. The highest BCUT2D eigenvalue weighted by Gasteiger charge is 2.22. The van der Waals surface area contributed by atoms with E-state index < -0.39 is 0 Å². The van der Waals surface area contributed by atoms with Gasteiger partial charge >= 0.3 is 0 Å². The standard InChI is InChI=1S/C13H15IN4O2/c1-10(9-15)16-4-6-17(7-5-16)13-3-2-11(18(19)20)8-12(13)14/h2-3,8,10H,4-7H2,1H3. The van der Waals surface area contributed by atoms with E-state index >= 15 is 0 Å². The van der Waals surface area contributed by atoms with Crippen molar-refractivity contribution in [1.29, 1.82) is 5.26 Å². The molecule has 0 bridgehead atoms. The van der Waals surface area contributed by atoms with Gasteiger partial charge in [0.15, 0.2) is 0 Å². The van der Waals surface area contributed by atoms with Crippen molar-refractivity contribution >= 4 is 34.0 Å². The van der Waals surface area contributed by atoms with Crippen molar-refractivity contribution in [3.05, 3.63) is 31.9 Å². The molecule has 0 spiro atoms. The molecule has 0 N–H and O–H groups in total. The highest BCUT2D eigenvalue weighted by Crippen LogP contribution is 2.27. The number of nitrogens with zero attached hydrogens (tertiary/aromatic N) is 4. The Morgan fingerprint density at radius 3 is 2.55 bits per heavy atom. The number of non-ortho nitro benzene ring substituents is 1. The topological polar surface area (TPSA) is 73.4 Å². The molecule has 20 heavy (non-hydrogen) atoms. The lowest BCUT2D eigenvalue weighted by molar-refractivity contribution is -0.384. The second-order valence-corrected chi connectivity index (χ2v) is 5.88. The number of hydrogen-bond acceptors (Lipinski definition) is 5. The number of hydrogen-bond donors (Lipinski definition) is 0. The lowest BCUT2D eigenvalue weighted by atomic mass is 10.2. The summed E-state index contributed by atoms with van der Waals surface area (Å²) in [5, 5.41) is 19.7.